The molecule has 0 spiro atoms. The molecule has 1 N–H and O–H groups in total. The van der Waals surface area contributed by atoms with Gasteiger partial charge in [0.1, 0.15) is 5.54 Å². The van der Waals surface area contributed by atoms with Crippen LogP contribution in [0.4, 0.5) is 0 Å². The number of nitrogens with zero attached hydrogens (tertiary/aromatic N) is 2. The number of fused-ring (bicyclic) bond motifs is 1. The third-order valence-corrected chi connectivity index (χ3v) is 4.45. The van der Waals surface area contributed by atoms with E-state index in [0.717, 1.165) is 36.8 Å². The molecule has 0 saturated heterocycles. The largest absolute Gasteiger partial charge is 0.468 e. The van der Waals surface area contributed by atoms with E-state index in [9.17, 15) is 4.79 Å². The van der Waals surface area contributed by atoms with Crippen LogP contribution in [0.15, 0.2) is 30.6 Å². The summed E-state index contributed by atoms with van der Waals surface area (Å²) in [5.41, 5.74) is 1.57. The van der Waals surface area contributed by atoms with Crippen LogP contribution in [0.25, 0.3) is 11.0 Å². The Morgan fingerprint density at radius 1 is 1.52 bits per heavy atom. The van der Waals surface area contributed by atoms with Gasteiger partial charge in [0.25, 0.3) is 0 Å². The Hall–Kier alpha value is -1.88. The van der Waals surface area contributed by atoms with E-state index < -0.39 is 5.54 Å². The molecule has 1 aliphatic carbocycles. The van der Waals surface area contributed by atoms with E-state index in [1.54, 1.807) is 0 Å². The third kappa shape index (κ3) is 2.31. The molecule has 2 aromatic rings. The van der Waals surface area contributed by atoms with Crippen molar-refractivity contribution in [1.82, 2.24) is 14.9 Å². The Kier molecular flexibility index (Phi) is 3.68. The predicted octanol–water partition coefficient (Wildman–Crippen LogP) is 2.28. The fourth-order valence-electron chi connectivity index (χ4n) is 3.48. The molecule has 1 aromatic carbocycles. The van der Waals surface area contributed by atoms with Gasteiger partial charge in [0.05, 0.1) is 24.5 Å². The van der Waals surface area contributed by atoms with Gasteiger partial charge in [-0.05, 0) is 37.9 Å². The second-order valence-corrected chi connectivity index (χ2v) is 5.64. The summed E-state index contributed by atoms with van der Waals surface area (Å²) in [7, 11) is 1.46. The maximum absolute atomic E-state index is 12.2. The van der Waals surface area contributed by atoms with Crippen LogP contribution in [0.1, 0.15) is 32.2 Å². The number of carbonyl (C=O) groups excluding carboxylic acids is 1. The van der Waals surface area contributed by atoms with Crippen LogP contribution in [0.3, 0.4) is 0 Å². The molecule has 5 heteroatoms. The molecule has 2 atom stereocenters. The average molecular weight is 287 g/mol. The van der Waals surface area contributed by atoms with Crippen molar-refractivity contribution in [2.45, 2.75) is 37.8 Å². The highest BCUT2D eigenvalue weighted by Gasteiger charge is 2.46. The third-order valence-electron chi connectivity index (χ3n) is 4.45. The summed E-state index contributed by atoms with van der Waals surface area (Å²) in [6.45, 7) is 2.77. The van der Waals surface area contributed by atoms with Crippen molar-refractivity contribution in [2.75, 3.05) is 13.7 Å². The molecule has 21 heavy (non-hydrogen) atoms. The monoisotopic (exact) mass is 287 g/mol. The van der Waals surface area contributed by atoms with Crippen molar-refractivity contribution in [3.63, 3.8) is 0 Å². The zero-order valence-corrected chi connectivity index (χ0v) is 12.5. The Morgan fingerprint density at radius 2 is 2.33 bits per heavy atom. The minimum Gasteiger partial charge on any atom is -0.468 e. The summed E-state index contributed by atoms with van der Waals surface area (Å²) in [6, 6.07) is 8.38. The number of nitrogens with one attached hydrogen (secondary N) is 1. The van der Waals surface area contributed by atoms with Crippen LogP contribution in [0.5, 0.6) is 0 Å². The first-order valence-electron chi connectivity index (χ1n) is 7.45. The number of imidazole rings is 1. The first kappa shape index (κ1) is 14.1. The predicted molar refractivity (Wildman–Crippen MR) is 81.0 cm³/mol. The van der Waals surface area contributed by atoms with Gasteiger partial charge in [-0.2, -0.15) is 0 Å². The van der Waals surface area contributed by atoms with Crippen LogP contribution in [-0.2, 0) is 9.53 Å². The van der Waals surface area contributed by atoms with Crippen molar-refractivity contribution >= 4 is 17.0 Å². The second-order valence-electron chi connectivity index (χ2n) is 5.64. The first-order chi connectivity index (χ1) is 10.2. The van der Waals surface area contributed by atoms with Gasteiger partial charge in [-0.1, -0.05) is 19.1 Å². The van der Waals surface area contributed by atoms with Crippen molar-refractivity contribution in [1.29, 1.82) is 0 Å². The molecule has 1 saturated carbocycles. The smallest absolute Gasteiger partial charge is 0.326 e. The Labute approximate surface area is 124 Å². The molecule has 112 valence electrons. The van der Waals surface area contributed by atoms with E-state index in [2.05, 4.69) is 20.9 Å². The maximum atomic E-state index is 12.2. The highest BCUT2D eigenvalue weighted by molar-refractivity contribution is 5.81. The van der Waals surface area contributed by atoms with Crippen molar-refractivity contribution in [3.8, 4) is 0 Å². The highest BCUT2D eigenvalue weighted by Crippen LogP contribution is 2.39. The van der Waals surface area contributed by atoms with E-state index in [1.165, 1.54) is 7.11 Å². The molecule has 1 heterocycles. The number of rotatable bonds is 4. The first-order valence-corrected chi connectivity index (χ1v) is 7.45. The lowest BCUT2D eigenvalue weighted by atomic mass is 9.97. The highest BCUT2D eigenvalue weighted by atomic mass is 16.5. The van der Waals surface area contributed by atoms with E-state index >= 15 is 0 Å². The van der Waals surface area contributed by atoms with Crippen LogP contribution in [-0.4, -0.2) is 34.7 Å². The SMILES string of the molecule is CCNC1(C(=O)OC)CCC(n2cnc3ccccc32)C1. The molecular weight excluding hydrogens is 266 g/mol. The van der Waals surface area contributed by atoms with Gasteiger partial charge in [0, 0.05) is 6.04 Å². The van der Waals surface area contributed by atoms with E-state index in [0.29, 0.717) is 0 Å². The zero-order valence-electron chi connectivity index (χ0n) is 12.5. The lowest BCUT2D eigenvalue weighted by Gasteiger charge is -2.27. The van der Waals surface area contributed by atoms with Gasteiger partial charge in [-0.25, -0.2) is 4.98 Å². The van der Waals surface area contributed by atoms with E-state index in [1.807, 2.05) is 31.5 Å². The average Bonchev–Trinajstić information content (AvgIpc) is 3.11. The van der Waals surface area contributed by atoms with Gasteiger partial charge in [-0.15, -0.1) is 0 Å². The number of carbonyl (C=O) groups is 1. The van der Waals surface area contributed by atoms with Gasteiger partial charge >= 0.3 is 5.97 Å². The number of para-hydroxylation sites is 2. The normalized spacial score (nSPS) is 25.3. The number of aromatic nitrogens is 2. The number of ether oxygens (including phenoxy) is 1. The zero-order chi connectivity index (χ0) is 14.9. The molecule has 3 rings (SSSR count). The minimum absolute atomic E-state index is 0.156. The minimum atomic E-state index is -0.556. The maximum Gasteiger partial charge on any atom is 0.326 e. The van der Waals surface area contributed by atoms with E-state index in [-0.39, 0.29) is 12.0 Å². The summed E-state index contributed by atoms with van der Waals surface area (Å²) in [6.07, 6.45) is 4.37. The molecule has 0 aliphatic heterocycles. The molecule has 1 aromatic heterocycles. The van der Waals surface area contributed by atoms with Crippen LogP contribution >= 0.6 is 0 Å². The van der Waals surface area contributed by atoms with Gasteiger partial charge < -0.3 is 14.6 Å². The van der Waals surface area contributed by atoms with Gasteiger partial charge in [0.2, 0.25) is 0 Å². The number of hydrogen-bond donors (Lipinski definition) is 1. The molecule has 0 amide bonds. The summed E-state index contributed by atoms with van der Waals surface area (Å²) in [4.78, 5) is 16.6. The van der Waals surface area contributed by atoms with Crippen molar-refractivity contribution < 1.29 is 9.53 Å². The fraction of sp³-hybridized carbons (Fsp3) is 0.500. The summed E-state index contributed by atoms with van der Waals surface area (Å²) in [5.74, 6) is -0.156. The standard InChI is InChI=1S/C16H21N3O2/c1-3-18-16(15(20)21-2)9-8-12(10-16)19-11-17-13-6-4-5-7-14(13)19/h4-7,11-12,18H,3,8-10H2,1-2H3. The molecule has 1 aliphatic rings. The molecule has 0 bridgehead atoms. The Bertz CT molecular complexity index is 652. The lowest BCUT2D eigenvalue weighted by Crippen LogP contribution is -2.50. The number of benzene rings is 1. The topological polar surface area (TPSA) is 56.1 Å². The van der Waals surface area contributed by atoms with Gasteiger partial charge in [0.15, 0.2) is 0 Å². The van der Waals surface area contributed by atoms with Crippen LogP contribution < -0.4 is 5.32 Å². The number of hydrogen-bond acceptors (Lipinski definition) is 4. The summed E-state index contributed by atoms with van der Waals surface area (Å²) < 4.78 is 7.21. The molecule has 2 unspecified atom stereocenters. The van der Waals surface area contributed by atoms with Gasteiger partial charge in [-0.3, -0.25) is 4.79 Å². The second kappa shape index (κ2) is 5.48. The van der Waals surface area contributed by atoms with E-state index in [4.69, 9.17) is 4.74 Å². The molecule has 5 nitrogen and oxygen atoms in total. The van der Waals surface area contributed by atoms with Crippen LogP contribution in [0, 0.1) is 0 Å². The summed E-state index contributed by atoms with van der Waals surface area (Å²) in [5, 5.41) is 3.34. The quantitative estimate of drug-likeness (QED) is 0.877. The van der Waals surface area contributed by atoms with Crippen molar-refractivity contribution in [3.05, 3.63) is 30.6 Å². The lowest BCUT2D eigenvalue weighted by molar-refractivity contribution is -0.148. The Balaban J connectivity index is 1.90. The summed E-state index contributed by atoms with van der Waals surface area (Å²) >= 11 is 0. The van der Waals surface area contributed by atoms with Crippen LogP contribution in [0.2, 0.25) is 0 Å². The number of esters is 1. The van der Waals surface area contributed by atoms with Crippen molar-refractivity contribution in [2.24, 2.45) is 0 Å². The molecular formula is C16H21N3O2. The molecule has 0 radical (unpaired) electrons. The number of methoxy groups -OCH3 is 1. The fourth-order valence-corrected chi connectivity index (χ4v) is 3.48. The molecule has 1 fully saturated rings. The Morgan fingerprint density at radius 3 is 3.10 bits per heavy atom. The number of likely N-dealkylation sites (N-methyl/N-ethyl adjacent to an activating group) is 1.